The molecule has 0 radical (unpaired) electrons. The molecule has 8 nitrogen and oxygen atoms in total. The minimum atomic E-state index is -0.499. The molecule has 2 heterocycles. The van der Waals surface area contributed by atoms with Gasteiger partial charge in [-0.3, -0.25) is 5.21 Å². The van der Waals surface area contributed by atoms with E-state index in [4.69, 9.17) is 14.7 Å². The molecule has 1 amide bonds. The number of carbonyl (C=O) groups excluding carboxylic acids is 1. The fourth-order valence-electron chi connectivity index (χ4n) is 2.07. The summed E-state index contributed by atoms with van der Waals surface area (Å²) in [4.78, 5) is 17.6. The van der Waals surface area contributed by atoms with Crippen LogP contribution < -0.4 is 14.7 Å². The number of hydrogen-bond acceptors (Lipinski definition) is 7. The SMILES string of the molecule is O=C(Oc1ccc(N([O-])O)cc1)N1CC(Oc2ccc(I)cn2)C1. The van der Waals surface area contributed by atoms with E-state index >= 15 is 0 Å². The topological polar surface area (TPSA) is 98.2 Å². The van der Waals surface area contributed by atoms with Crippen molar-refractivity contribution in [3.05, 3.63) is 51.4 Å². The zero-order valence-electron chi connectivity index (χ0n) is 12.3. The number of likely N-dealkylation sites (tertiary alicyclic amines) is 1. The minimum absolute atomic E-state index is 0.0530. The van der Waals surface area contributed by atoms with Crippen LogP contribution in [0.15, 0.2) is 42.6 Å². The largest absolute Gasteiger partial charge is 0.733 e. The molecule has 2 aromatic rings. The van der Waals surface area contributed by atoms with Crippen LogP contribution in [0.3, 0.4) is 0 Å². The number of rotatable bonds is 4. The lowest BCUT2D eigenvalue weighted by Gasteiger charge is -2.37. The monoisotopic (exact) mass is 442 g/mol. The molecule has 1 aliphatic heterocycles. The first-order chi connectivity index (χ1) is 11.5. The van der Waals surface area contributed by atoms with Crippen LogP contribution in [0.5, 0.6) is 11.6 Å². The van der Waals surface area contributed by atoms with Crippen molar-refractivity contribution in [3.8, 4) is 11.6 Å². The first-order valence-electron chi connectivity index (χ1n) is 7.02. The predicted molar refractivity (Wildman–Crippen MR) is 93.0 cm³/mol. The van der Waals surface area contributed by atoms with Crippen LogP contribution in [0.1, 0.15) is 0 Å². The molecule has 3 rings (SSSR count). The van der Waals surface area contributed by atoms with E-state index in [0.29, 0.717) is 19.0 Å². The Hall–Kier alpha value is -2.11. The average Bonchev–Trinajstić information content (AvgIpc) is 2.52. The number of anilines is 1. The molecule has 0 saturated carbocycles. The molecule has 9 heteroatoms. The zero-order valence-corrected chi connectivity index (χ0v) is 14.5. The van der Waals surface area contributed by atoms with Crippen molar-refractivity contribution in [2.24, 2.45) is 0 Å². The third-order valence-corrected chi connectivity index (χ3v) is 3.99. The molecule has 24 heavy (non-hydrogen) atoms. The number of aromatic nitrogens is 1. The maximum atomic E-state index is 12.0. The molecule has 1 aromatic carbocycles. The molecule has 0 unspecified atom stereocenters. The van der Waals surface area contributed by atoms with E-state index in [2.05, 4.69) is 27.6 Å². The van der Waals surface area contributed by atoms with E-state index in [0.717, 1.165) is 3.57 Å². The van der Waals surface area contributed by atoms with Gasteiger partial charge in [0.1, 0.15) is 11.9 Å². The van der Waals surface area contributed by atoms with Gasteiger partial charge in [0, 0.05) is 15.8 Å². The van der Waals surface area contributed by atoms with Gasteiger partial charge in [-0.15, -0.1) is 0 Å². The molecular weight excluding hydrogens is 429 g/mol. The van der Waals surface area contributed by atoms with Gasteiger partial charge in [-0.2, -0.15) is 0 Å². The van der Waals surface area contributed by atoms with E-state index in [-0.39, 0.29) is 22.8 Å². The molecule has 1 saturated heterocycles. The summed E-state index contributed by atoms with van der Waals surface area (Å²) in [6, 6.07) is 9.23. The Labute approximate surface area is 151 Å². The van der Waals surface area contributed by atoms with Gasteiger partial charge in [-0.1, -0.05) is 0 Å². The van der Waals surface area contributed by atoms with Crippen LogP contribution in [0.2, 0.25) is 0 Å². The van der Waals surface area contributed by atoms with Crippen molar-refractivity contribution >= 4 is 34.4 Å². The number of hydrogen-bond donors (Lipinski definition) is 1. The highest BCUT2D eigenvalue weighted by atomic mass is 127. The quantitative estimate of drug-likeness (QED) is 0.575. The predicted octanol–water partition coefficient (Wildman–Crippen LogP) is 2.64. The first-order valence-corrected chi connectivity index (χ1v) is 8.10. The van der Waals surface area contributed by atoms with Crippen LogP contribution >= 0.6 is 22.6 Å². The fourth-order valence-corrected chi connectivity index (χ4v) is 2.39. The summed E-state index contributed by atoms with van der Waals surface area (Å²) < 4.78 is 11.8. The normalized spacial score (nSPS) is 14.0. The van der Waals surface area contributed by atoms with Crippen LogP contribution in [-0.2, 0) is 0 Å². The fraction of sp³-hybridized carbons (Fsp3) is 0.200. The minimum Gasteiger partial charge on any atom is -0.733 e. The highest BCUT2D eigenvalue weighted by molar-refractivity contribution is 14.1. The number of ether oxygens (including phenoxy) is 2. The second-order valence-corrected chi connectivity index (χ2v) is 6.34. The van der Waals surface area contributed by atoms with Gasteiger partial charge in [0.05, 0.1) is 18.8 Å². The maximum absolute atomic E-state index is 12.0. The van der Waals surface area contributed by atoms with E-state index in [1.54, 1.807) is 12.3 Å². The van der Waals surface area contributed by atoms with E-state index in [1.165, 1.54) is 29.2 Å². The van der Waals surface area contributed by atoms with Crippen LogP contribution in [0, 0.1) is 8.78 Å². The third kappa shape index (κ3) is 4.04. The second kappa shape index (κ2) is 7.20. The second-order valence-electron chi connectivity index (χ2n) is 5.09. The van der Waals surface area contributed by atoms with Crippen LogP contribution in [0.4, 0.5) is 10.5 Å². The summed E-state index contributed by atoms with van der Waals surface area (Å²) in [6.07, 6.45) is 1.09. The summed E-state index contributed by atoms with van der Waals surface area (Å²) in [5.41, 5.74) is 0.0530. The molecule has 0 atom stereocenters. The van der Waals surface area contributed by atoms with Crippen LogP contribution in [0.25, 0.3) is 0 Å². The van der Waals surface area contributed by atoms with Gasteiger partial charge in [0.2, 0.25) is 5.88 Å². The lowest BCUT2D eigenvalue weighted by Crippen LogP contribution is -2.57. The highest BCUT2D eigenvalue weighted by Crippen LogP contribution is 2.21. The van der Waals surface area contributed by atoms with Crippen molar-refractivity contribution in [1.82, 2.24) is 9.88 Å². The van der Waals surface area contributed by atoms with Gasteiger partial charge in [0.25, 0.3) is 0 Å². The standard InChI is InChI=1S/C15H13IN3O5/c16-10-1-6-14(17-7-10)23-13-8-18(9-13)15(20)24-12-4-2-11(3-5-12)19(21)22/h1-7,13,21H,8-9H2/q-1. The third-order valence-electron chi connectivity index (χ3n) is 3.36. The molecule has 1 fully saturated rings. The Bertz CT molecular complexity index is 702. The summed E-state index contributed by atoms with van der Waals surface area (Å²) in [5, 5.41) is 19.2. The van der Waals surface area contributed by atoms with Crippen molar-refractivity contribution < 1.29 is 19.5 Å². The Morgan fingerprint density at radius 1 is 1.29 bits per heavy atom. The Balaban J connectivity index is 1.47. The lowest BCUT2D eigenvalue weighted by atomic mass is 10.2. The Morgan fingerprint density at radius 3 is 2.58 bits per heavy atom. The van der Waals surface area contributed by atoms with Gasteiger partial charge in [0.15, 0.2) is 0 Å². The summed E-state index contributed by atoms with van der Waals surface area (Å²) in [7, 11) is 0. The Kier molecular flexibility index (Phi) is 5.02. The molecule has 1 N–H and O–H groups in total. The summed E-state index contributed by atoms with van der Waals surface area (Å²) >= 11 is 2.16. The van der Waals surface area contributed by atoms with Gasteiger partial charge in [-0.25, -0.2) is 9.78 Å². The van der Waals surface area contributed by atoms with Gasteiger partial charge < -0.3 is 24.8 Å². The summed E-state index contributed by atoms with van der Waals surface area (Å²) in [5.74, 6) is 0.810. The van der Waals surface area contributed by atoms with E-state index < -0.39 is 6.09 Å². The number of nitrogens with zero attached hydrogens (tertiary/aromatic N) is 3. The van der Waals surface area contributed by atoms with E-state index in [9.17, 15) is 10.0 Å². The Morgan fingerprint density at radius 2 is 2.00 bits per heavy atom. The van der Waals surface area contributed by atoms with Crippen molar-refractivity contribution in [2.75, 3.05) is 18.3 Å². The molecule has 0 aliphatic carbocycles. The number of amides is 1. The molecule has 0 bridgehead atoms. The zero-order chi connectivity index (χ0) is 17.1. The average molecular weight is 442 g/mol. The summed E-state index contributed by atoms with van der Waals surface area (Å²) in [6.45, 7) is 0.825. The number of pyridine rings is 1. The van der Waals surface area contributed by atoms with Gasteiger partial charge in [-0.05, 0) is 52.9 Å². The number of halogens is 1. The lowest BCUT2D eigenvalue weighted by molar-refractivity contribution is 0.0258. The molecular formula is C15H13IN3O5-. The number of carbonyl (C=O) groups is 1. The maximum Gasteiger partial charge on any atom is 0.415 e. The number of benzene rings is 1. The van der Waals surface area contributed by atoms with E-state index in [1.807, 2.05) is 6.07 Å². The molecule has 126 valence electrons. The molecule has 1 aliphatic rings. The molecule has 1 aromatic heterocycles. The van der Waals surface area contributed by atoms with Crippen molar-refractivity contribution in [2.45, 2.75) is 6.10 Å². The highest BCUT2D eigenvalue weighted by Gasteiger charge is 2.33. The molecule has 0 spiro atoms. The smallest absolute Gasteiger partial charge is 0.415 e. The van der Waals surface area contributed by atoms with Gasteiger partial charge >= 0.3 is 6.09 Å². The first kappa shape index (κ1) is 16.7. The van der Waals surface area contributed by atoms with Crippen molar-refractivity contribution in [3.63, 3.8) is 0 Å². The van der Waals surface area contributed by atoms with Crippen molar-refractivity contribution in [1.29, 1.82) is 0 Å². The van der Waals surface area contributed by atoms with Crippen LogP contribution in [-0.4, -0.2) is 40.4 Å².